The highest BCUT2D eigenvalue weighted by molar-refractivity contribution is 6.10. The zero-order valence-corrected chi connectivity index (χ0v) is 22.6. The zero-order chi connectivity index (χ0) is 27.6. The molecule has 0 aliphatic carbocycles. The standard InChI is InChI=1S/C31H43F3N2O2/c1-2-3-4-5-6-7-8-9-10-11-12-16-19-28(24-31(32,33)34)35-27-22-20-26(21-23-27)30(38)36-29(37)25-17-14-13-15-18-25/h13-15,17-18,20-23,28,35H,2-12,16,19,24H2,1H3,(H,36,37,38). The molecule has 0 aliphatic rings. The first kappa shape index (κ1) is 31.4. The fourth-order valence-electron chi connectivity index (χ4n) is 4.53. The van der Waals surface area contributed by atoms with Gasteiger partial charge in [0.05, 0.1) is 6.42 Å². The molecule has 0 spiro atoms. The molecule has 0 saturated heterocycles. The summed E-state index contributed by atoms with van der Waals surface area (Å²) in [7, 11) is 0. The number of benzene rings is 2. The molecule has 2 amide bonds. The number of hydrogen-bond donors (Lipinski definition) is 2. The molecule has 0 radical (unpaired) electrons. The SMILES string of the molecule is CCCCCCCCCCCCCCC(CC(F)(F)F)Nc1ccc(C(=O)NC(=O)c2ccccc2)cc1. The number of carbonyl (C=O) groups excluding carboxylic acids is 2. The van der Waals surface area contributed by atoms with Crippen LogP contribution in [0.1, 0.15) is 118 Å². The highest BCUT2D eigenvalue weighted by Gasteiger charge is 2.31. The second-order valence-corrected chi connectivity index (χ2v) is 10.1. The van der Waals surface area contributed by atoms with Gasteiger partial charge in [0.1, 0.15) is 0 Å². The number of amides is 2. The number of alkyl halides is 3. The van der Waals surface area contributed by atoms with Crippen molar-refractivity contribution in [3.63, 3.8) is 0 Å². The summed E-state index contributed by atoms with van der Waals surface area (Å²) in [6, 6.07) is 13.8. The van der Waals surface area contributed by atoms with Crippen molar-refractivity contribution in [1.82, 2.24) is 5.32 Å². The molecule has 38 heavy (non-hydrogen) atoms. The smallest absolute Gasteiger partial charge is 0.382 e. The first-order valence-corrected chi connectivity index (χ1v) is 14.1. The fraction of sp³-hybridized carbons (Fsp3) is 0.548. The lowest BCUT2D eigenvalue weighted by Crippen LogP contribution is -2.30. The minimum atomic E-state index is -4.26. The summed E-state index contributed by atoms with van der Waals surface area (Å²) in [4.78, 5) is 24.6. The van der Waals surface area contributed by atoms with Gasteiger partial charge in [0.2, 0.25) is 0 Å². The number of hydrogen-bond acceptors (Lipinski definition) is 3. The van der Waals surface area contributed by atoms with Crippen molar-refractivity contribution in [1.29, 1.82) is 0 Å². The Morgan fingerprint density at radius 1 is 0.684 bits per heavy atom. The van der Waals surface area contributed by atoms with Crippen LogP contribution < -0.4 is 10.6 Å². The van der Waals surface area contributed by atoms with E-state index in [2.05, 4.69) is 17.6 Å². The fourth-order valence-corrected chi connectivity index (χ4v) is 4.53. The first-order valence-electron chi connectivity index (χ1n) is 14.1. The molecule has 0 fully saturated rings. The molecule has 2 N–H and O–H groups in total. The van der Waals surface area contributed by atoms with E-state index in [1.807, 2.05) is 0 Å². The molecule has 0 bridgehead atoms. The molecule has 2 aromatic carbocycles. The van der Waals surface area contributed by atoms with Gasteiger partial charge in [-0.1, -0.05) is 102 Å². The number of nitrogens with one attached hydrogen (secondary N) is 2. The summed E-state index contributed by atoms with van der Waals surface area (Å²) >= 11 is 0. The van der Waals surface area contributed by atoms with Crippen molar-refractivity contribution < 1.29 is 22.8 Å². The van der Waals surface area contributed by atoms with E-state index in [1.165, 1.54) is 63.5 Å². The maximum absolute atomic E-state index is 13.2. The minimum absolute atomic E-state index is 0.258. The molecule has 1 unspecified atom stereocenters. The molecule has 0 saturated carbocycles. The molecule has 2 rings (SSSR count). The van der Waals surface area contributed by atoms with Gasteiger partial charge in [-0.15, -0.1) is 0 Å². The van der Waals surface area contributed by atoms with Crippen molar-refractivity contribution in [2.45, 2.75) is 109 Å². The lowest BCUT2D eigenvalue weighted by atomic mass is 10.0. The second-order valence-electron chi connectivity index (χ2n) is 10.1. The average Bonchev–Trinajstić information content (AvgIpc) is 2.89. The van der Waals surface area contributed by atoms with E-state index < -0.39 is 30.5 Å². The van der Waals surface area contributed by atoms with E-state index in [0.717, 1.165) is 25.7 Å². The van der Waals surface area contributed by atoms with Gasteiger partial charge in [0, 0.05) is 22.9 Å². The average molecular weight is 533 g/mol. The van der Waals surface area contributed by atoms with Crippen molar-refractivity contribution in [2.75, 3.05) is 5.32 Å². The number of carbonyl (C=O) groups is 2. The van der Waals surface area contributed by atoms with Crippen LogP contribution in [0.15, 0.2) is 54.6 Å². The van der Waals surface area contributed by atoms with Crippen LogP contribution in [0.3, 0.4) is 0 Å². The zero-order valence-electron chi connectivity index (χ0n) is 22.6. The van der Waals surface area contributed by atoms with Crippen LogP contribution in [-0.4, -0.2) is 24.0 Å². The molecule has 2 aromatic rings. The van der Waals surface area contributed by atoms with Gasteiger partial charge in [0.15, 0.2) is 0 Å². The van der Waals surface area contributed by atoms with E-state index in [-0.39, 0.29) is 5.56 Å². The monoisotopic (exact) mass is 532 g/mol. The van der Waals surface area contributed by atoms with Gasteiger partial charge >= 0.3 is 6.18 Å². The Bertz CT molecular complexity index is 930. The summed E-state index contributed by atoms with van der Waals surface area (Å²) in [5.74, 6) is -1.07. The third kappa shape index (κ3) is 13.6. The van der Waals surface area contributed by atoms with E-state index in [4.69, 9.17) is 0 Å². The number of unbranched alkanes of at least 4 members (excludes halogenated alkanes) is 11. The molecule has 0 aromatic heterocycles. The summed E-state index contributed by atoms with van der Waals surface area (Å²) in [6.45, 7) is 2.22. The number of anilines is 1. The molecule has 210 valence electrons. The normalized spacial score (nSPS) is 12.2. The maximum atomic E-state index is 13.2. The van der Waals surface area contributed by atoms with Crippen LogP contribution >= 0.6 is 0 Å². The first-order chi connectivity index (χ1) is 18.3. The third-order valence-electron chi connectivity index (χ3n) is 6.66. The van der Waals surface area contributed by atoms with Crippen LogP contribution in [0, 0.1) is 0 Å². The predicted molar refractivity (Wildman–Crippen MR) is 148 cm³/mol. The minimum Gasteiger partial charge on any atom is -0.382 e. The Morgan fingerprint density at radius 3 is 1.66 bits per heavy atom. The lowest BCUT2D eigenvalue weighted by Gasteiger charge is -2.21. The summed E-state index contributed by atoms with van der Waals surface area (Å²) in [5, 5.41) is 5.31. The van der Waals surface area contributed by atoms with Crippen LogP contribution in [0.2, 0.25) is 0 Å². The van der Waals surface area contributed by atoms with Gasteiger partial charge in [-0.05, 0) is 42.8 Å². The maximum Gasteiger partial charge on any atom is 0.391 e. The van der Waals surface area contributed by atoms with Gasteiger partial charge in [-0.25, -0.2) is 0 Å². The summed E-state index contributed by atoms with van der Waals surface area (Å²) < 4.78 is 39.5. The highest BCUT2D eigenvalue weighted by Crippen LogP contribution is 2.26. The molecule has 4 nitrogen and oxygen atoms in total. The van der Waals surface area contributed by atoms with Gasteiger partial charge in [0.25, 0.3) is 11.8 Å². The Balaban J connectivity index is 1.73. The van der Waals surface area contributed by atoms with Crippen LogP contribution in [0.5, 0.6) is 0 Å². The van der Waals surface area contributed by atoms with Crippen LogP contribution in [0.4, 0.5) is 18.9 Å². The van der Waals surface area contributed by atoms with Crippen LogP contribution in [-0.2, 0) is 0 Å². The van der Waals surface area contributed by atoms with Crippen molar-refractivity contribution >= 4 is 17.5 Å². The quantitative estimate of drug-likeness (QED) is 0.149. The van der Waals surface area contributed by atoms with E-state index in [0.29, 0.717) is 17.7 Å². The third-order valence-corrected chi connectivity index (χ3v) is 6.66. The predicted octanol–water partition coefficient (Wildman–Crippen LogP) is 9.08. The highest BCUT2D eigenvalue weighted by atomic mass is 19.4. The molecule has 0 aliphatic heterocycles. The number of halogens is 3. The Labute approximate surface area is 225 Å². The van der Waals surface area contributed by atoms with Crippen molar-refractivity contribution in [3.8, 4) is 0 Å². The molecular formula is C31H43F3N2O2. The van der Waals surface area contributed by atoms with Gasteiger partial charge < -0.3 is 5.32 Å². The number of rotatable bonds is 18. The van der Waals surface area contributed by atoms with E-state index >= 15 is 0 Å². The number of imide groups is 1. The van der Waals surface area contributed by atoms with Crippen molar-refractivity contribution in [3.05, 3.63) is 65.7 Å². The van der Waals surface area contributed by atoms with Crippen molar-refractivity contribution in [2.24, 2.45) is 0 Å². The molecule has 1 atom stereocenters. The van der Waals surface area contributed by atoms with Gasteiger partial charge in [-0.3, -0.25) is 14.9 Å². The topological polar surface area (TPSA) is 58.2 Å². The Morgan fingerprint density at radius 2 is 1.16 bits per heavy atom. The summed E-state index contributed by atoms with van der Waals surface area (Å²) in [6.07, 6.45) is 9.44. The molecule has 7 heteroatoms. The second kappa shape index (κ2) is 17.6. The Hall–Kier alpha value is -2.83. The molecular weight excluding hydrogens is 489 g/mol. The molecule has 0 heterocycles. The van der Waals surface area contributed by atoms with E-state index in [9.17, 15) is 22.8 Å². The van der Waals surface area contributed by atoms with E-state index in [1.54, 1.807) is 42.5 Å². The Kier molecular flexibility index (Phi) is 14.6. The van der Waals surface area contributed by atoms with Gasteiger partial charge in [-0.2, -0.15) is 13.2 Å². The lowest BCUT2D eigenvalue weighted by molar-refractivity contribution is -0.137. The summed E-state index contributed by atoms with van der Waals surface area (Å²) in [5.41, 5.74) is 1.14. The van der Waals surface area contributed by atoms with Crippen LogP contribution in [0.25, 0.3) is 0 Å². The largest absolute Gasteiger partial charge is 0.391 e.